The molecule has 0 N–H and O–H groups in total. The number of nitrogens with zero attached hydrogens (tertiary/aromatic N) is 1. The van der Waals surface area contributed by atoms with E-state index in [0.717, 1.165) is 10.6 Å². The first kappa shape index (κ1) is 11.2. The maximum atomic E-state index is 11.2. The minimum atomic E-state index is -3.41. The zero-order valence-electron chi connectivity index (χ0n) is 7.66. The Morgan fingerprint density at radius 3 is 2.08 bits per heavy atom. The number of hydrogen-bond donors (Lipinski definition) is 0. The summed E-state index contributed by atoms with van der Waals surface area (Å²) in [4.78, 5) is 11.2. The van der Waals surface area contributed by atoms with Crippen LogP contribution >= 0.6 is 0 Å². The van der Waals surface area contributed by atoms with Gasteiger partial charge in [0.25, 0.3) is 5.91 Å². The standard InChI is InChI=1S/C7H13NO3S/c1-5-6(2)7(9)8(3)12(4,10)11/h5H,1-4H3/b6-5-. The summed E-state index contributed by atoms with van der Waals surface area (Å²) in [5, 5.41) is 0. The summed E-state index contributed by atoms with van der Waals surface area (Å²) >= 11 is 0. The van der Waals surface area contributed by atoms with Gasteiger partial charge in [-0.15, -0.1) is 0 Å². The molecule has 12 heavy (non-hydrogen) atoms. The monoisotopic (exact) mass is 191 g/mol. The molecule has 0 aliphatic carbocycles. The molecule has 4 nitrogen and oxygen atoms in total. The van der Waals surface area contributed by atoms with E-state index in [1.165, 1.54) is 7.05 Å². The third-order valence-electron chi connectivity index (χ3n) is 1.55. The fraction of sp³-hybridized carbons (Fsp3) is 0.571. The number of rotatable bonds is 2. The Morgan fingerprint density at radius 1 is 1.42 bits per heavy atom. The molecule has 0 saturated heterocycles. The molecule has 0 heterocycles. The van der Waals surface area contributed by atoms with E-state index in [1.54, 1.807) is 19.9 Å². The van der Waals surface area contributed by atoms with E-state index in [-0.39, 0.29) is 0 Å². The Labute approximate surface area is 72.9 Å². The van der Waals surface area contributed by atoms with Gasteiger partial charge in [0.05, 0.1) is 6.26 Å². The van der Waals surface area contributed by atoms with Gasteiger partial charge >= 0.3 is 0 Å². The number of sulfonamides is 1. The molecule has 0 aromatic heterocycles. The van der Waals surface area contributed by atoms with Gasteiger partial charge in [0.2, 0.25) is 10.0 Å². The summed E-state index contributed by atoms with van der Waals surface area (Å²) < 4.78 is 22.5. The van der Waals surface area contributed by atoms with Crippen molar-refractivity contribution in [3.63, 3.8) is 0 Å². The van der Waals surface area contributed by atoms with Crippen LogP contribution in [0.1, 0.15) is 13.8 Å². The predicted molar refractivity (Wildman–Crippen MR) is 47.0 cm³/mol. The maximum absolute atomic E-state index is 11.2. The van der Waals surface area contributed by atoms with Gasteiger partial charge in [-0.3, -0.25) is 4.79 Å². The van der Waals surface area contributed by atoms with Crippen LogP contribution in [0.5, 0.6) is 0 Å². The van der Waals surface area contributed by atoms with Gasteiger partial charge in [-0.2, -0.15) is 0 Å². The van der Waals surface area contributed by atoms with Gasteiger partial charge < -0.3 is 0 Å². The topological polar surface area (TPSA) is 54.5 Å². The molecule has 0 atom stereocenters. The van der Waals surface area contributed by atoms with Crippen LogP contribution in [-0.2, 0) is 14.8 Å². The van der Waals surface area contributed by atoms with Crippen molar-refractivity contribution < 1.29 is 13.2 Å². The molecule has 1 amide bonds. The van der Waals surface area contributed by atoms with Crippen molar-refractivity contribution in [3.05, 3.63) is 11.6 Å². The van der Waals surface area contributed by atoms with Crippen LogP contribution in [0.4, 0.5) is 0 Å². The molecule has 0 fully saturated rings. The SMILES string of the molecule is C/C=C(/C)C(=O)N(C)S(C)(=O)=O. The third kappa shape index (κ3) is 2.65. The minimum absolute atomic E-state index is 0.419. The summed E-state index contributed by atoms with van der Waals surface area (Å²) in [6, 6.07) is 0. The summed E-state index contributed by atoms with van der Waals surface area (Å²) in [5.74, 6) is -0.486. The highest BCUT2D eigenvalue weighted by atomic mass is 32.2. The van der Waals surface area contributed by atoms with E-state index < -0.39 is 15.9 Å². The fourth-order valence-corrected chi connectivity index (χ4v) is 0.968. The van der Waals surface area contributed by atoms with Gasteiger partial charge in [0.1, 0.15) is 0 Å². The largest absolute Gasteiger partial charge is 0.268 e. The molecule has 0 spiro atoms. The molecule has 0 aromatic carbocycles. The zero-order valence-corrected chi connectivity index (χ0v) is 8.47. The van der Waals surface area contributed by atoms with Gasteiger partial charge in [0.15, 0.2) is 0 Å². The second kappa shape index (κ2) is 3.71. The fourth-order valence-electron chi connectivity index (χ4n) is 0.522. The van der Waals surface area contributed by atoms with Crippen molar-refractivity contribution in [2.45, 2.75) is 13.8 Å². The number of allylic oxidation sites excluding steroid dienone is 1. The van der Waals surface area contributed by atoms with Gasteiger partial charge in [-0.05, 0) is 13.8 Å². The molecule has 0 radical (unpaired) electrons. The minimum Gasteiger partial charge on any atom is -0.268 e. The molecule has 0 aliphatic heterocycles. The average molecular weight is 191 g/mol. The van der Waals surface area contributed by atoms with Crippen molar-refractivity contribution in [1.29, 1.82) is 0 Å². The number of likely N-dealkylation sites (N-methyl/N-ethyl adjacent to an activating group) is 1. The first-order valence-electron chi connectivity index (χ1n) is 3.42. The molecule has 0 unspecified atom stereocenters. The summed E-state index contributed by atoms with van der Waals surface area (Å²) in [7, 11) is -2.17. The Kier molecular flexibility index (Phi) is 3.45. The predicted octanol–water partition coefficient (Wildman–Crippen LogP) is 0.371. The Bertz CT molecular complexity index is 303. The quantitative estimate of drug-likeness (QED) is 0.592. The van der Waals surface area contributed by atoms with E-state index in [1.807, 2.05) is 0 Å². The van der Waals surface area contributed by atoms with Crippen LogP contribution < -0.4 is 0 Å². The second-order valence-corrected chi connectivity index (χ2v) is 4.52. The molecule has 0 rings (SSSR count). The average Bonchev–Trinajstić information content (AvgIpc) is 1.98. The Hall–Kier alpha value is -0.840. The van der Waals surface area contributed by atoms with Gasteiger partial charge in [0, 0.05) is 12.6 Å². The van der Waals surface area contributed by atoms with Crippen molar-refractivity contribution >= 4 is 15.9 Å². The van der Waals surface area contributed by atoms with Crippen LogP contribution in [0.2, 0.25) is 0 Å². The van der Waals surface area contributed by atoms with Crippen molar-refractivity contribution in [2.75, 3.05) is 13.3 Å². The number of hydrogen-bond acceptors (Lipinski definition) is 3. The molecular weight excluding hydrogens is 178 g/mol. The molecular formula is C7H13NO3S. The van der Waals surface area contributed by atoms with E-state index in [4.69, 9.17) is 0 Å². The maximum Gasteiger partial charge on any atom is 0.262 e. The van der Waals surface area contributed by atoms with E-state index in [9.17, 15) is 13.2 Å². The van der Waals surface area contributed by atoms with Crippen LogP contribution in [0, 0.1) is 0 Å². The van der Waals surface area contributed by atoms with Crippen molar-refractivity contribution in [2.24, 2.45) is 0 Å². The number of amides is 1. The highest BCUT2D eigenvalue weighted by molar-refractivity contribution is 7.88. The van der Waals surface area contributed by atoms with Crippen LogP contribution in [-0.4, -0.2) is 31.9 Å². The molecule has 0 bridgehead atoms. The lowest BCUT2D eigenvalue weighted by molar-refractivity contribution is -0.121. The van der Waals surface area contributed by atoms with Crippen molar-refractivity contribution in [3.8, 4) is 0 Å². The second-order valence-electron chi connectivity index (χ2n) is 2.51. The van der Waals surface area contributed by atoms with Crippen LogP contribution in [0.15, 0.2) is 11.6 Å². The summed E-state index contributed by atoms with van der Waals surface area (Å²) in [5.41, 5.74) is 0.419. The highest BCUT2D eigenvalue weighted by Crippen LogP contribution is 2.02. The van der Waals surface area contributed by atoms with E-state index in [0.29, 0.717) is 5.57 Å². The molecule has 0 aromatic rings. The van der Waals surface area contributed by atoms with Crippen molar-refractivity contribution in [1.82, 2.24) is 4.31 Å². The summed E-state index contributed by atoms with van der Waals surface area (Å²) in [6.45, 7) is 3.26. The Balaban J connectivity index is 4.76. The lowest BCUT2D eigenvalue weighted by atomic mass is 10.3. The van der Waals surface area contributed by atoms with Gasteiger partial charge in [-0.25, -0.2) is 12.7 Å². The highest BCUT2D eigenvalue weighted by Gasteiger charge is 2.18. The van der Waals surface area contributed by atoms with Crippen LogP contribution in [0.3, 0.4) is 0 Å². The summed E-state index contributed by atoms with van der Waals surface area (Å²) in [6.07, 6.45) is 2.57. The zero-order chi connectivity index (χ0) is 9.94. The molecule has 5 heteroatoms. The van der Waals surface area contributed by atoms with Gasteiger partial charge in [-0.1, -0.05) is 6.08 Å². The molecule has 0 saturated carbocycles. The number of carbonyl (C=O) groups excluding carboxylic acids is 1. The molecule has 70 valence electrons. The molecule has 0 aliphatic rings. The normalized spacial score (nSPS) is 12.8. The lowest BCUT2D eigenvalue weighted by Crippen LogP contribution is -2.32. The van der Waals surface area contributed by atoms with E-state index >= 15 is 0 Å². The van der Waals surface area contributed by atoms with E-state index in [2.05, 4.69) is 0 Å². The first-order valence-corrected chi connectivity index (χ1v) is 5.26. The first-order chi connectivity index (χ1) is 5.30. The Morgan fingerprint density at radius 2 is 1.83 bits per heavy atom. The van der Waals surface area contributed by atoms with Crippen LogP contribution in [0.25, 0.3) is 0 Å². The smallest absolute Gasteiger partial charge is 0.262 e. The lowest BCUT2D eigenvalue weighted by Gasteiger charge is -2.13. The third-order valence-corrected chi connectivity index (χ3v) is 2.71. The number of carbonyl (C=O) groups is 1.